The lowest BCUT2D eigenvalue weighted by atomic mass is 9.85. The van der Waals surface area contributed by atoms with Gasteiger partial charge in [-0.2, -0.15) is 10.2 Å². The van der Waals surface area contributed by atoms with E-state index >= 15 is 8.78 Å². The van der Waals surface area contributed by atoms with Gasteiger partial charge in [0, 0.05) is 78.2 Å². The molecule has 18 nitrogen and oxygen atoms in total. The Kier molecular flexibility index (Phi) is 11.8. The molecule has 2 unspecified atom stereocenters. The number of piperidine rings is 2. The van der Waals surface area contributed by atoms with Gasteiger partial charge in [-0.05, 0) is 62.6 Å². The number of hydrogen-bond donors (Lipinski definition) is 2. The van der Waals surface area contributed by atoms with Crippen molar-refractivity contribution >= 4 is 51.6 Å². The molecule has 5 fully saturated rings. The summed E-state index contributed by atoms with van der Waals surface area (Å²) in [5.41, 5.74) is 1.49. The number of nitrogens with one attached hydrogen (secondary N) is 2. The number of aryl methyl sites for hydroxylation is 1. The molecule has 5 aromatic rings. The maximum atomic E-state index is 16.1. The van der Waals surface area contributed by atoms with E-state index in [2.05, 4.69) is 30.7 Å². The number of benzene rings is 1. The lowest BCUT2D eigenvalue weighted by molar-refractivity contribution is -0.135. The summed E-state index contributed by atoms with van der Waals surface area (Å²) in [6.45, 7) is 4.93. The van der Waals surface area contributed by atoms with Crippen molar-refractivity contribution in [3.05, 3.63) is 64.6 Å². The van der Waals surface area contributed by atoms with Crippen molar-refractivity contribution in [1.82, 2.24) is 48.6 Å². The van der Waals surface area contributed by atoms with E-state index in [-0.39, 0.29) is 54.2 Å². The largest absolute Gasteiger partial charge is 0.378 e. The zero-order valence-corrected chi connectivity index (χ0v) is 36.6. The first-order valence-corrected chi connectivity index (χ1v) is 22.8. The average Bonchev–Trinajstić information content (AvgIpc) is 4.01. The number of hydrogen-bond acceptors (Lipinski definition) is 12. The third-order valence-electron chi connectivity index (χ3n) is 14.2. The van der Waals surface area contributed by atoms with Crippen LogP contribution in [0, 0.1) is 5.92 Å². The number of carbonyl (C=O) groups excluding carboxylic acids is 3. The summed E-state index contributed by atoms with van der Waals surface area (Å²) in [4.78, 5) is 64.0. The van der Waals surface area contributed by atoms with Gasteiger partial charge in [0.1, 0.15) is 17.4 Å². The monoisotopic (exact) mass is 919 g/mol. The van der Waals surface area contributed by atoms with Crippen molar-refractivity contribution in [2.75, 3.05) is 87.2 Å². The number of aromatic nitrogens is 7. The van der Waals surface area contributed by atoms with Crippen LogP contribution in [0.1, 0.15) is 79.5 Å². The van der Waals surface area contributed by atoms with Gasteiger partial charge in [0.2, 0.25) is 11.8 Å². The van der Waals surface area contributed by atoms with E-state index in [0.717, 1.165) is 18.5 Å². The SMILES string of the molecule is Cn1c(=O)n(C2CCC(=O)NC2=O)c2cccc(N3CCN(C4CCN(CC5CCC(n6cc(NC(=O)c7cnn8ccc(N9CCOCC9)nc78)c(C(F)F)n6)CC5)CC4(F)F)CC3)c21. The van der Waals surface area contributed by atoms with Crippen LogP contribution < -0.4 is 26.1 Å². The zero-order chi connectivity index (χ0) is 45.9. The molecule has 10 rings (SSSR count). The number of ether oxygens (including phenoxy) is 1. The first-order chi connectivity index (χ1) is 31.8. The highest BCUT2D eigenvalue weighted by molar-refractivity contribution is 6.08. The molecule has 4 aromatic heterocycles. The molecule has 8 heterocycles. The van der Waals surface area contributed by atoms with Gasteiger partial charge < -0.3 is 19.9 Å². The highest BCUT2D eigenvalue weighted by Crippen LogP contribution is 2.38. The molecule has 2 N–H and O–H groups in total. The topological polar surface area (TPSA) is 172 Å². The predicted octanol–water partition coefficient (Wildman–Crippen LogP) is 3.85. The van der Waals surface area contributed by atoms with Gasteiger partial charge in [-0.15, -0.1) is 0 Å². The van der Waals surface area contributed by atoms with Gasteiger partial charge in [0.15, 0.2) is 11.3 Å². The maximum absolute atomic E-state index is 16.1. The molecule has 352 valence electrons. The smallest absolute Gasteiger partial charge is 0.329 e. The number of morpholine rings is 1. The Balaban J connectivity index is 0.728. The fourth-order valence-electron chi connectivity index (χ4n) is 10.8. The molecular weight excluding hydrogens is 867 g/mol. The minimum absolute atomic E-state index is 0.0849. The van der Waals surface area contributed by atoms with Gasteiger partial charge in [0.25, 0.3) is 18.3 Å². The summed E-state index contributed by atoms with van der Waals surface area (Å²) < 4.78 is 72.1. The third-order valence-corrected chi connectivity index (χ3v) is 14.2. The Bertz CT molecular complexity index is 2690. The number of para-hydroxylation sites is 1. The molecule has 1 aromatic carbocycles. The Morgan fingerprint density at radius 2 is 1.73 bits per heavy atom. The van der Waals surface area contributed by atoms with Crippen molar-refractivity contribution in [2.24, 2.45) is 13.0 Å². The van der Waals surface area contributed by atoms with Crippen LogP contribution in [-0.2, 0) is 21.4 Å². The van der Waals surface area contributed by atoms with Gasteiger partial charge in [0.05, 0.1) is 60.4 Å². The molecule has 4 aliphatic heterocycles. The zero-order valence-electron chi connectivity index (χ0n) is 36.6. The summed E-state index contributed by atoms with van der Waals surface area (Å²) in [6.07, 6.45) is 4.97. The van der Waals surface area contributed by atoms with Crippen LogP contribution in [0.2, 0.25) is 0 Å². The number of imide groups is 1. The summed E-state index contributed by atoms with van der Waals surface area (Å²) in [5.74, 6) is -3.61. The predicted molar refractivity (Wildman–Crippen MR) is 234 cm³/mol. The van der Waals surface area contributed by atoms with Gasteiger partial charge in [-0.1, -0.05) is 6.07 Å². The summed E-state index contributed by atoms with van der Waals surface area (Å²) in [5, 5.41) is 13.4. The van der Waals surface area contributed by atoms with Crippen molar-refractivity contribution in [1.29, 1.82) is 0 Å². The minimum atomic E-state index is -2.94. The summed E-state index contributed by atoms with van der Waals surface area (Å²) >= 11 is 0. The van der Waals surface area contributed by atoms with Crippen molar-refractivity contribution < 1.29 is 36.7 Å². The number of amides is 3. The number of likely N-dealkylation sites (tertiary alicyclic amines) is 1. The highest BCUT2D eigenvalue weighted by Gasteiger charge is 2.48. The van der Waals surface area contributed by atoms with Gasteiger partial charge in [-0.3, -0.25) is 43.3 Å². The standard InChI is InChI=1S/C44H53F4N13O5/c1-54-38-31(3-2-4-32(38)61(43(54)65)33-9-10-36(62)52-42(33)64)56-15-17-57(18-16-56)34-11-13-55(26-44(34,47)48)24-27-5-7-28(8-6-27)60-25-30(37(53-60)39(45)46)50-41(63)29-23-49-59-14-12-35(51-40(29)59)58-19-21-66-22-20-58/h2-4,12,14,23,25,27-28,33-34,39H,5-11,13,15-22,24,26H2,1H3,(H,50,63)(H,52,62,64). The van der Waals surface area contributed by atoms with E-state index in [1.54, 1.807) is 25.4 Å². The molecule has 0 radical (unpaired) electrons. The van der Waals surface area contributed by atoms with Crippen LogP contribution in [0.25, 0.3) is 16.7 Å². The van der Waals surface area contributed by atoms with Crippen LogP contribution in [0.3, 0.4) is 0 Å². The Labute approximate surface area is 376 Å². The minimum Gasteiger partial charge on any atom is -0.378 e. The molecule has 66 heavy (non-hydrogen) atoms. The second kappa shape index (κ2) is 17.7. The lowest BCUT2D eigenvalue weighted by Crippen LogP contribution is -2.62. The summed E-state index contributed by atoms with van der Waals surface area (Å²) in [6, 6.07) is 5.42. The highest BCUT2D eigenvalue weighted by atomic mass is 19.3. The Morgan fingerprint density at radius 1 is 0.955 bits per heavy atom. The van der Waals surface area contributed by atoms with Crippen molar-refractivity contribution in [3.8, 4) is 0 Å². The van der Waals surface area contributed by atoms with E-state index in [9.17, 15) is 28.0 Å². The molecule has 1 saturated carbocycles. The van der Waals surface area contributed by atoms with Crippen LogP contribution in [-0.4, -0.2) is 145 Å². The fourth-order valence-corrected chi connectivity index (χ4v) is 10.8. The number of halogens is 4. The van der Waals surface area contributed by atoms with Gasteiger partial charge >= 0.3 is 5.69 Å². The molecule has 4 saturated heterocycles. The Morgan fingerprint density at radius 3 is 2.45 bits per heavy atom. The second-order valence-electron chi connectivity index (χ2n) is 18.2. The number of anilines is 3. The van der Waals surface area contributed by atoms with Crippen LogP contribution >= 0.6 is 0 Å². The van der Waals surface area contributed by atoms with E-state index in [1.807, 2.05) is 26.8 Å². The number of nitrogens with zero attached hydrogens (tertiary/aromatic N) is 11. The molecule has 5 aliphatic rings. The van der Waals surface area contributed by atoms with Crippen molar-refractivity contribution in [2.45, 2.75) is 75.4 Å². The maximum Gasteiger partial charge on any atom is 0.329 e. The number of piperazine rings is 1. The molecule has 1 aliphatic carbocycles. The fraction of sp³-hybridized carbons (Fsp3) is 0.568. The van der Waals surface area contributed by atoms with Crippen LogP contribution in [0.15, 0.2) is 47.7 Å². The second-order valence-corrected chi connectivity index (χ2v) is 18.2. The molecular formula is C44H53F4N13O5. The van der Waals surface area contributed by atoms with Crippen molar-refractivity contribution in [3.63, 3.8) is 0 Å². The lowest BCUT2D eigenvalue weighted by Gasteiger charge is -2.47. The van der Waals surface area contributed by atoms with Crippen LogP contribution in [0.5, 0.6) is 0 Å². The van der Waals surface area contributed by atoms with Crippen LogP contribution in [0.4, 0.5) is 34.8 Å². The Hall–Kier alpha value is -5.87. The molecule has 0 spiro atoms. The molecule has 0 bridgehead atoms. The normalized spacial score (nSPS) is 24.7. The number of alkyl halides is 4. The summed E-state index contributed by atoms with van der Waals surface area (Å²) in [7, 11) is 1.65. The third kappa shape index (κ3) is 8.31. The number of carbonyl (C=O) groups is 3. The number of fused-ring (bicyclic) bond motifs is 2. The number of rotatable bonds is 10. The number of imidazole rings is 1. The average molecular weight is 920 g/mol. The van der Waals surface area contributed by atoms with E-state index in [4.69, 9.17) is 4.74 Å². The van der Waals surface area contributed by atoms with E-state index in [1.165, 1.54) is 30.7 Å². The quantitative estimate of drug-likeness (QED) is 0.154. The van der Waals surface area contributed by atoms with E-state index in [0.29, 0.717) is 107 Å². The molecule has 2 atom stereocenters. The molecule has 22 heteroatoms. The first kappa shape index (κ1) is 44.0. The van der Waals surface area contributed by atoms with E-state index < -0.39 is 41.9 Å². The van der Waals surface area contributed by atoms with Gasteiger partial charge in [-0.25, -0.2) is 31.9 Å². The first-order valence-electron chi connectivity index (χ1n) is 22.8. The molecule has 3 amide bonds.